The minimum atomic E-state index is -0.605. The van der Waals surface area contributed by atoms with Crippen molar-refractivity contribution in [3.8, 4) is 0 Å². The number of nitrogens with zero attached hydrogens (tertiary/aromatic N) is 1. The first-order valence-electron chi connectivity index (χ1n) is 8.07. The lowest BCUT2D eigenvalue weighted by molar-refractivity contribution is -0.334. The summed E-state index contributed by atoms with van der Waals surface area (Å²) in [6, 6.07) is 10.8. The van der Waals surface area contributed by atoms with Crippen LogP contribution >= 0.6 is 0 Å². The predicted octanol–water partition coefficient (Wildman–Crippen LogP) is 3.40. The molecule has 1 aromatic carbocycles. The lowest BCUT2D eigenvalue weighted by Gasteiger charge is -2.51. The molecule has 2 saturated heterocycles. The van der Waals surface area contributed by atoms with E-state index in [1.165, 1.54) is 12.8 Å². The zero-order chi connectivity index (χ0) is 14.9. The normalized spacial score (nSPS) is 29.2. The summed E-state index contributed by atoms with van der Waals surface area (Å²) in [7, 11) is 2.20. The maximum Gasteiger partial charge on any atom is 0.211 e. The Bertz CT molecular complexity index is 461. The van der Waals surface area contributed by atoms with Crippen LogP contribution in [0.2, 0.25) is 0 Å². The number of hydrogen-bond donors (Lipinski definition) is 0. The molecule has 2 fully saturated rings. The third-order valence-corrected chi connectivity index (χ3v) is 4.74. The highest BCUT2D eigenvalue weighted by molar-refractivity contribution is 5.23. The van der Waals surface area contributed by atoms with E-state index in [0.717, 1.165) is 31.7 Å². The van der Waals surface area contributed by atoms with Gasteiger partial charge in [-0.1, -0.05) is 50.6 Å². The van der Waals surface area contributed by atoms with E-state index >= 15 is 0 Å². The van der Waals surface area contributed by atoms with E-state index in [1.54, 1.807) is 0 Å². The molecule has 0 aliphatic carbocycles. The van der Waals surface area contributed by atoms with Crippen LogP contribution < -0.4 is 0 Å². The Morgan fingerprint density at radius 3 is 2.33 bits per heavy atom. The van der Waals surface area contributed by atoms with Crippen LogP contribution in [0.25, 0.3) is 0 Å². The summed E-state index contributed by atoms with van der Waals surface area (Å²) in [6.07, 6.45) is 3.65. The first-order chi connectivity index (χ1) is 10.0. The smallest absolute Gasteiger partial charge is 0.211 e. The molecule has 0 saturated carbocycles. The molecule has 0 bridgehead atoms. The lowest BCUT2D eigenvalue weighted by Crippen LogP contribution is -2.58. The molecular weight excluding hydrogens is 262 g/mol. The third-order valence-electron chi connectivity index (χ3n) is 4.74. The average molecular weight is 289 g/mol. The molecule has 0 aromatic heterocycles. The number of hydrogen-bond acceptors (Lipinski definition) is 3. The molecule has 21 heavy (non-hydrogen) atoms. The second kappa shape index (κ2) is 5.71. The summed E-state index contributed by atoms with van der Waals surface area (Å²) in [4.78, 5) is 2.41. The summed E-state index contributed by atoms with van der Waals surface area (Å²) in [5.41, 5.74) is 1.24. The number of benzene rings is 1. The fraction of sp³-hybridized carbons (Fsp3) is 0.667. The van der Waals surface area contributed by atoms with E-state index in [-0.39, 0.29) is 5.41 Å². The van der Waals surface area contributed by atoms with Crippen molar-refractivity contribution in [2.75, 3.05) is 26.8 Å². The van der Waals surface area contributed by atoms with Crippen molar-refractivity contribution >= 4 is 0 Å². The Hall–Kier alpha value is -0.900. The fourth-order valence-electron chi connectivity index (χ4n) is 3.47. The molecular formula is C18H27NO2. The van der Waals surface area contributed by atoms with Crippen molar-refractivity contribution in [3.05, 3.63) is 35.9 Å². The second-order valence-electron chi connectivity index (χ2n) is 7.27. The maximum absolute atomic E-state index is 6.41. The highest BCUT2D eigenvalue weighted by atomic mass is 16.7. The topological polar surface area (TPSA) is 21.7 Å². The highest BCUT2D eigenvalue weighted by Gasteiger charge is 2.49. The molecule has 0 radical (unpaired) electrons. The van der Waals surface area contributed by atoms with Crippen LogP contribution in [0.1, 0.15) is 38.7 Å². The number of ether oxygens (including phenoxy) is 2. The van der Waals surface area contributed by atoms with Gasteiger partial charge in [-0.05, 0) is 26.4 Å². The molecule has 3 rings (SSSR count). The van der Waals surface area contributed by atoms with Crippen LogP contribution in [-0.4, -0.2) is 37.7 Å². The Morgan fingerprint density at radius 1 is 1.05 bits per heavy atom. The van der Waals surface area contributed by atoms with Crippen LogP contribution in [0.15, 0.2) is 30.3 Å². The van der Waals surface area contributed by atoms with Gasteiger partial charge >= 0.3 is 0 Å². The molecule has 116 valence electrons. The zero-order valence-electron chi connectivity index (χ0n) is 13.5. The van der Waals surface area contributed by atoms with E-state index in [9.17, 15) is 0 Å². The molecule has 2 heterocycles. The standard InChI is InChI=1S/C18H27NO2/c1-17(2)13-20-18(21-14-17,15-9-5-4-6-10-15)16-11-7-8-12-19(16)3/h4-6,9-10,16H,7-8,11-14H2,1-3H3/t16-/m0/s1. The molecule has 0 N–H and O–H groups in total. The molecule has 3 heteroatoms. The quantitative estimate of drug-likeness (QED) is 0.833. The third kappa shape index (κ3) is 2.87. The largest absolute Gasteiger partial charge is 0.344 e. The van der Waals surface area contributed by atoms with Gasteiger partial charge in [0.1, 0.15) is 0 Å². The zero-order valence-corrected chi connectivity index (χ0v) is 13.5. The first kappa shape index (κ1) is 15.0. The maximum atomic E-state index is 6.41. The number of rotatable bonds is 2. The molecule has 0 spiro atoms. The van der Waals surface area contributed by atoms with Gasteiger partial charge in [0.05, 0.1) is 19.3 Å². The van der Waals surface area contributed by atoms with Crippen LogP contribution in [0.4, 0.5) is 0 Å². The molecule has 0 unspecified atom stereocenters. The Kier molecular flexibility index (Phi) is 4.08. The predicted molar refractivity (Wildman–Crippen MR) is 84.1 cm³/mol. The second-order valence-corrected chi connectivity index (χ2v) is 7.27. The number of likely N-dealkylation sites (tertiary alicyclic amines) is 1. The van der Waals surface area contributed by atoms with Crippen molar-refractivity contribution in [1.82, 2.24) is 4.90 Å². The van der Waals surface area contributed by atoms with Crippen LogP contribution in [-0.2, 0) is 15.3 Å². The number of likely N-dealkylation sites (N-methyl/N-ethyl adjacent to an activating group) is 1. The van der Waals surface area contributed by atoms with E-state index in [0.29, 0.717) is 6.04 Å². The number of piperidine rings is 1. The summed E-state index contributed by atoms with van der Waals surface area (Å²) >= 11 is 0. The molecule has 0 amide bonds. The highest BCUT2D eigenvalue weighted by Crippen LogP contribution is 2.43. The van der Waals surface area contributed by atoms with Crippen LogP contribution in [0.3, 0.4) is 0 Å². The van der Waals surface area contributed by atoms with E-state index in [1.807, 2.05) is 0 Å². The van der Waals surface area contributed by atoms with Gasteiger partial charge in [0, 0.05) is 11.0 Å². The van der Waals surface area contributed by atoms with Gasteiger partial charge in [-0.2, -0.15) is 0 Å². The van der Waals surface area contributed by atoms with Crippen molar-refractivity contribution in [2.45, 2.75) is 44.9 Å². The Balaban J connectivity index is 1.95. The van der Waals surface area contributed by atoms with Gasteiger partial charge in [0.25, 0.3) is 0 Å². The summed E-state index contributed by atoms with van der Waals surface area (Å²) < 4.78 is 12.8. The van der Waals surface area contributed by atoms with Gasteiger partial charge in [-0.3, -0.25) is 4.90 Å². The van der Waals surface area contributed by atoms with Gasteiger partial charge in [-0.15, -0.1) is 0 Å². The van der Waals surface area contributed by atoms with Crippen LogP contribution in [0.5, 0.6) is 0 Å². The van der Waals surface area contributed by atoms with E-state index < -0.39 is 5.79 Å². The molecule has 1 atom stereocenters. The monoisotopic (exact) mass is 289 g/mol. The lowest BCUT2D eigenvalue weighted by atomic mass is 9.86. The van der Waals surface area contributed by atoms with Gasteiger partial charge in [-0.25, -0.2) is 0 Å². The molecule has 2 aliphatic heterocycles. The summed E-state index contributed by atoms with van der Waals surface area (Å²) in [5, 5.41) is 0. The Labute approximate surface area is 128 Å². The first-order valence-corrected chi connectivity index (χ1v) is 8.07. The summed E-state index contributed by atoms with van der Waals surface area (Å²) in [5.74, 6) is -0.605. The van der Waals surface area contributed by atoms with Crippen molar-refractivity contribution in [1.29, 1.82) is 0 Å². The SMILES string of the molecule is CN1CCCC[C@H]1C1(c2ccccc2)OCC(C)(C)CO1. The van der Waals surface area contributed by atoms with Crippen molar-refractivity contribution < 1.29 is 9.47 Å². The van der Waals surface area contributed by atoms with Crippen molar-refractivity contribution in [3.63, 3.8) is 0 Å². The fourth-order valence-corrected chi connectivity index (χ4v) is 3.47. The van der Waals surface area contributed by atoms with E-state index in [2.05, 4.69) is 56.1 Å². The Morgan fingerprint density at radius 2 is 1.71 bits per heavy atom. The average Bonchev–Trinajstić information content (AvgIpc) is 2.50. The molecule has 3 nitrogen and oxygen atoms in total. The van der Waals surface area contributed by atoms with Gasteiger partial charge in [0.2, 0.25) is 5.79 Å². The van der Waals surface area contributed by atoms with Crippen LogP contribution in [0, 0.1) is 5.41 Å². The van der Waals surface area contributed by atoms with Gasteiger partial charge in [0.15, 0.2) is 0 Å². The van der Waals surface area contributed by atoms with Crippen molar-refractivity contribution in [2.24, 2.45) is 5.41 Å². The summed E-state index contributed by atoms with van der Waals surface area (Å²) in [6.45, 7) is 7.01. The minimum absolute atomic E-state index is 0.0888. The minimum Gasteiger partial charge on any atom is -0.344 e. The van der Waals surface area contributed by atoms with E-state index in [4.69, 9.17) is 9.47 Å². The molecule has 2 aliphatic rings. The van der Waals surface area contributed by atoms with Gasteiger partial charge < -0.3 is 9.47 Å². The molecule has 1 aromatic rings.